The van der Waals surface area contributed by atoms with E-state index in [-0.39, 0.29) is 6.10 Å². The molecular formula is C12H18O2. The van der Waals surface area contributed by atoms with E-state index in [1.807, 2.05) is 19.9 Å². The molecule has 0 radical (unpaired) electrons. The van der Waals surface area contributed by atoms with Gasteiger partial charge in [-0.3, -0.25) is 0 Å². The van der Waals surface area contributed by atoms with Crippen LogP contribution in [0, 0.1) is 6.92 Å². The van der Waals surface area contributed by atoms with Crippen molar-refractivity contribution in [3.8, 4) is 5.75 Å². The van der Waals surface area contributed by atoms with Gasteiger partial charge in [-0.2, -0.15) is 0 Å². The first-order valence-electron chi connectivity index (χ1n) is 5.04. The van der Waals surface area contributed by atoms with E-state index in [4.69, 9.17) is 0 Å². The summed E-state index contributed by atoms with van der Waals surface area (Å²) in [6.45, 7) is 5.74. The first-order valence-corrected chi connectivity index (χ1v) is 5.04. The molecule has 2 N–H and O–H groups in total. The van der Waals surface area contributed by atoms with Crippen LogP contribution in [0.15, 0.2) is 12.1 Å². The molecule has 0 spiro atoms. The quantitative estimate of drug-likeness (QED) is 0.774. The molecule has 1 atom stereocenters. The summed E-state index contributed by atoms with van der Waals surface area (Å²) in [5, 5.41) is 18.9. The molecule has 0 bridgehead atoms. The highest BCUT2D eigenvalue weighted by Crippen LogP contribution is 2.23. The van der Waals surface area contributed by atoms with Gasteiger partial charge in [-0.05, 0) is 49.4 Å². The van der Waals surface area contributed by atoms with Gasteiger partial charge in [-0.25, -0.2) is 0 Å². The monoisotopic (exact) mass is 194 g/mol. The molecule has 1 aromatic carbocycles. The van der Waals surface area contributed by atoms with Crippen molar-refractivity contribution in [1.29, 1.82) is 0 Å². The van der Waals surface area contributed by atoms with Crippen LogP contribution in [0.3, 0.4) is 0 Å². The Morgan fingerprint density at radius 3 is 2.43 bits per heavy atom. The third-order valence-corrected chi connectivity index (χ3v) is 2.43. The van der Waals surface area contributed by atoms with Crippen LogP contribution in [0.5, 0.6) is 5.75 Å². The number of rotatable bonds is 3. The van der Waals surface area contributed by atoms with Crippen LogP contribution in [-0.4, -0.2) is 16.3 Å². The molecule has 0 fully saturated rings. The largest absolute Gasteiger partial charge is 0.508 e. The predicted octanol–water partition coefficient (Wildman–Crippen LogP) is 2.19. The van der Waals surface area contributed by atoms with Crippen molar-refractivity contribution in [3.63, 3.8) is 0 Å². The lowest BCUT2D eigenvalue weighted by Gasteiger charge is -2.11. The maximum absolute atomic E-state index is 9.59. The molecule has 0 aliphatic carbocycles. The Balaban J connectivity index is 3.04. The van der Waals surface area contributed by atoms with E-state index in [9.17, 15) is 10.2 Å². The molecule has 2 nitrogen and oxygen atoms in total. The fourth-order valence-corrected chi connectivity index (χ4v) is 1.61. The summed E-state index contributed by atoms with van der Waals surface area (Å²) in [5.74, 6) is 0.361. The van der Waals surface area contributed by atoms with Crippen LogP contribution >= 0.6 is 0 Å². The number of hydrogen-bond acceptors (Lipinski definition) is 2. The molecule has 0 amide bonds. The predicted molar refractivity (Wildman–Crippen MR) is 57.6 cm³/mol. The van der Waals surface area contributed by atoms with Crippen molar-refractivity contribution in [2.75, 3.05) is 0 Å². The Hall–Kier alpha value is -1.02. The summed E-state index contributed by atoms with van der Waals surface area (Å²) < 4.78 is 0. The molecule has 1 unspecified atom stereocenters. The van der Waals surface area contributed by atoms with Crippen LogP contribution in [0.1, 0.15) is 30.5 Å². The average Bonchev–Trinajstić information content (AvgIpc) is 2.09. The molecular weight excluding hydrogens is 176 g/mol. The molecule has 0 aliphatic rings. The van der Waals surface area contributed by atoms with Gasteiger partial charge in [0.15, 0.2) is 0 Å². The molecule has 78 valence electrons. The number of aliphatic hydroxyl groups excluding tert-OH is 1. The summed E-state index contributed by atoms with van der Waals surface area (Å²) in [5.41, 5.74) is 3.11. The third kappa shape index (κ3) is 2.48. The van der Waals surface area contributed by atoms with Gasteiger partial charge in [0.1, 0.15) is 5.75 Å². The average molecular weight is 194 g/mol. The molecule has 0 heterocycles. The highest BCUT2D eigenvalue weighted by Gasteiger charge is 2.07. The third-order valence-electron chi connectivity index (χ3n) is 2.43. The van der Waals surface area contributed by atoms with Gasteiger partial charge in [-0.15, -0.1) is 0 Å². The molecule has 0 aromatic heterocycles. The van der Waals surface area contributed by atoms with Gasteiger partial charge in [0, 0.05) is 0 Å². The van der Waals surface area contributed by atoms with Crippen molar-refractivity contribution < 1.29 is 10.2 Å². The summed E-state index contributed by atoms with van der Waals surface area (Å²) in [7, 11) is 0. The van der Waals surface area contributed by atoms with Gasteiger partial charge >= 0.3 is 0 Å². The van der Waals surface area contributed by atoms with Crippen LogP contribution < -0.4 is 0 Å². The second kappa shape index (κ2) is 4.47. The smallest absolute Gasteiger partial charge is 0.119 e. The number of hydrogen-bond donors (Lipinski definition) is 2. The van der Waals surface area contributed by atoms with Crippen LogP contribution in [0.25, 0.3) is 0 Å². The topological polar surface area (TPSA) is 40.5 Å². The van der Waals surface area contributed by atoms with E-state index in [1.165, 1.54) is 0 Å². The number of phenols is 1. The second-order valence-electron chi connectivity index (χ2n) is 3.81. The van der Waals surface area contributed by atoms with Gasteiger partial charge < -0.3 is 10.2 Å². The van der Waals surface area contributed by atoms with Gasteiger partial charge in [-0.1, -0.05) is 13.0 Å². The Labute approximate surface area is 85.2 Å². The van der Waals surface area contributed by atoms with Crippen molar-refractivity contribution in [3.05, 3.63) is 28.8 Å². The van der Waals surface area contributed by atoms with Crippen LogP contribution in [-0.2, 0) is 12.8 Å². The van der Waals surface area contributed by atoms with E-state index >= 15 is 0 Å². The summed E-state index contributed by atoms with van der Waals surface area (Å²) >= 11 is 0. The molecule has 14 heavy (non-hydrogen) atoms. The van der Waals surface area contributed by atoms with Gasteiger partial charge in [0.05, 0.1) is 6.10 Å². The van der Waals surface area contributed by atoms with Gasteiger partial charge in [0.25, 0.3) is 0 Å². The van der Waals surface area contributed by atoms with E-state index in [0.29, 0.717) is 12.2 Å². The van der Waals surface area contributed by atoms with Crippen molar-refractivity contribution in [1.82, 2.24) is 0 Å². The highest BCUT2D eigenvalue weighted by atomic mass is 16.3. The summed E-state index contributed by atoms with van der Waals surface area (Å²) in [6, 6.07) is 3.76. The van der Waals surface area contributed by atoms with Crippen LogP contribution in [0.2, 0.25) is 0 Å². The zero-order valence-electron chi connectivity index (χ0n) is 9.04. The first kappa shape index (κ1) is 11.1. The summed E-state index contributed by atoms with van der Waals surface area (Å²) in [6.07, 6.45) is 1.14. The fourth-order valence-electron chi connectivity index (χ4n) is 1.61. The number of phenolic OH excluding ortho intramolecular Hbond substituents is 1. The minimum atomic E-state index is -0.331. The lowest BCUT2D eigenvalue weighted by molar-refractivity contribution is 0.195. The lowest BCUT2D eigenvalue weighted by Crippen LogP contribution is -2.06. The lowest BCUT2D eigenvalue weighted by atomic mass is 9.98. The zero-order valence-corrected chi connectivity index (χ0v) is 9.04. The molecule has 2 heteroatoms. The summed E-state index contributed by atoms with van der Waals surface area (Å²) in [4.78, 5) is 0. The molecule has 1 rings (SSSR count). The van der Waals surface area contributed by atoms with Crippen molar-refractivity contribution >= 4 is 0 Å². The maximum Gasteiger partial charge on any atom is 0.119 e. The van der Waals surface area contributed by atoms with Gasteiger partial charge in [0.2, 0.25) is 0 Å². The van der Waals surface area contributed by atoms with E-state index in [1.54, 1.807) is 13.0 Å². The number of benzene rings is 1. The Kier molecular flexibility index (Phi) is 3.53. The fraction of sp³-hybridized carbons (Fsp3) is 0.500. The normalized spacial score (nSPS) is 12.9. The van der Waals surface area contributed by atoms with E-state index in [2.05, 4.69) is 0 Å². The molecule has 0 aliphatic heterocycles. The number of aromatic hydroxyl groups is 1. The van der Waals surface area contributed by atoms with E-state index < -0.39 is 0 Å². The van der Waals surface area contributed by atoms with Crippen LogP contribution in [0.4, 0.5) is 0 Å². The second-order valence-corrected chi connectivity index (χ2v) is 3.81. The molecule has 1 aromatic rings. The SMILES string of the molecule is CCc1cc(CC(C)O)c(C)cc1O. The zero-order chi connectivity index (χ0) is 10.7. The standard InChI is InChI=1S/C12H18O2/c1-4-10-7-11(6-9(3)13)8(2)5-12(10)14/h5,7,9,13-14H,4,6H2,1-3H3. The molecule has 0 saturated heterocycles. The minimum absolute atomic E-state index is 0.331. The van der Waals surface area contributed by atoms with Crippen molar-refractivity contribution in [2.45, 2.75) is 39.7 Å². The Morgan fingerprint density at radius 1 is 1.29 bits per heavy atom. The number of aliphatic hydroxyl groups is 1. The van der Waals surface area contributed by atoms with Crippen molar-refractivity contribution in [2.24, 2.45) is 0 Å². The minimum Gasteiger partial charge on any atom is -0.508 e. The highest BCUT2D eigenvalue weighted by molar-refractivity contribution is 5.41. The Morgan fingerprint density at radius 2 is 1.93 bits per heavy atom. The first-order chi connectivity index (χ1) is 6.54. The van der Waals surface area contributed by atoms with E-state index in [0.717, 1.165) is 23.1 Å². The maximum atomic E-state index is 9.59. The Bertz CT molecular complexity index is 316. The molecule has 0 saturated carbocycles. The number of aryl methyl sites for hydroxylation is 2.